The number of anilines is 2. The Bertz CT molecular complexity index is 853. The number of hydrogen-bond acceptors (Lipinski definition) is 6. The summed E-state index contributed by atoms with van der Waals surface area (Å²) >= 11 is 0. The van der Waals surface area contributed by atoms with Crippen LogP contribution in [0.2, 0.25) is 0 Å². The summed E-state index contributed by atoms with van der Waals surface area (Å²) in [6, 6.07) is 11.3. The molecule has 132 valence electrons. The summed E-state index contributed by atoms with van der Waals surface area (Å²) in [5, 5.41) is 5.94. The largest absolute Gasteiger partial charge is 0.492 e. The van der Waals surface area contributed by atoms with Crippen LogP contribution < -0.4 is 15.4 Å². The van der Waals surface area contributed by atoms with E-state index in [-0.39, 0.29) is 11.6 Å². The minimum atomic E-state index is -0.282. The Balaban J connectivity index is 1.62. The minimum absolute atomic E-state index is 0.252. The van der Waals surface area contributed by atoms with E-state index in [0.717, 1.165) is 17.0 Å². The molecule has 0 aliphatic heterocycles. The zero-order valence-electron chi connectivity index (χ0n) is 14.3. The van der Waals surface area contributed by atoms with Gasteiger partial charge in [0.2, 0.25) is 0 Å². The van der Waals surface area contributed by atoms with Crippen LogP contribution in [0.25, 0.3) is 0 Å². The Labute approximate surface area is 151 Å². The summed E-state index contributed by atoms with van der Waals surface area (Å²) in [5.41, 5.74) is 2.01. The van der Waals surface area contributed by atoms with Crippen LogP contribution in [-0.4, -0.2) is 27.5 Å². The van der Waals surface area contributed by atoms with Crippen molar-refractivity contribution in [1.82, 2.24) is 20.3 Å². The van der Waals surface area contributed by atoms with E-state index in [1.165, 1.54) is 12.4 Å². The van der Waals surface area contributed by atoms with Gasteiger partial charge < -0.3 is 15.4 Å². The first-order valence-electron chi connectivity index (χ1n) is 8.24. The normalized spacial score (nSPS) is 10.2. The van der Waals surface area contributed by atoms with Crippen molar-refractivity contribution >= 4 is 17.4 Å². The molecule has 2 heterocycles. The number of benzene rings is 1. The molecule has 0 radical (unpaired) electrons. The first-order chi connectivity index (χ1) is 12.8. The van der Waals surface area contributed by atoms with E-state index < -0.39 is 0 Å². The second-order valence-electron chi connectivity index (χ2n) is 5.38. The molecule has 1 amide bonds. The molecule has 0 aliphatic carbocycles. The highest BCUT2D eigenvalue weighted by Crippen LogP contribution is 2.26. The average Bonchev–Trinajstić information content (AvgIpc) is 2.69. The number of hydrogen-bond donors (Lipinski definition) is 2. The predicted octanol–water partition coefficient (Wildman–Crippen LogP) is 2.94. The molecule has 0 aliphatic rings. The summed E-state index contributed by atoms with van der Waals surface area (Å²) in [7, 11) is 0. The van der Waals surface area contributed by atoms with Gasteiger partial charge in [0, 0.05) is 18.9 Å². The Morgan fingerprint density at radius 3 is 2.62 bits per heavy atom. The van der Waals surface area contributed by atoms with Gasteiger partial charge in [-0.05, 0) is 36.8 Å². The molecule has 0 saturated heterocycles. The quantitative estimate of drug-likeness (QED) is 0.682. The van der Waals surface area contributed by atoms with Gasteiger partial charge in [0.15, 0.2) is 0 Å². The molecule has 2 N–H and O–H groups in total. The maximum atomic E-state index is 12.2. The third-order valence-electron chi connectivity index (χ3n) is 3.54. The number of carbonyl (C=O) groups excluding carboxylic acids is 1. The Morgan fingerprint density at radius 1 is 1.08 bits per heavy atom. The molecule has 2 aromatic heterocycles. The van der Waals surface area contributed by atoms with Crippen LogP contribution in [-0.2, 0) is 6.54 Å². The lowest BCUT2D eigenvalue weighted by Gasteiger charge is -2.11. The molecule has 0 bridgehead atoms. The minimum Gasteiger partial charge on any atom is -0.492 e. The molecule has 7 heteroatoms. The van der Waals surface area contributed by atoms with E-state index in [9.17, 15) is 4.79 Å². The highest BCUT2D eigenvalue weighted by atomic mass is 16.5. The summed E-state index contributed by atoms with van der Waals surface area (Å²) in [5.74, 6) is 0.981. The fourth-order valence-electron chi connectivity index (χ4n) is 2.27. The van der Waals surface area contributed by atoms with Crippen molar-refractivity contribution in [3.05, 3.63) is 72.4 Å². The summed E-state index contributed by atoms with van der Waals surface area (Å²) < 4.78 is 5.57. The fourth-order valence-corrected chi connectivity index (χ4v) is 2.27. The molecule has 0 atom stereocenters. The van der Waals surface area contributed by atoms with Crippen LogP contribution in [0.15, 0.2) is 61.2 Å². The second kappa shape index (κ2) is 8.57. The van der Waals surface area contributed by atoms with E-state index in [4.69, 9.17) is 4.74 Å². The molecule has 1 aromatic carbocycles. The highest BCUT2D eigenvalue weighted by molar-refractivity contribution is 5.92. The van der Waals surface area contributed by atoms with Crippen molar-refractivity contribution in [2.45, 2.75) is 13.5 Å². The predicted molar refractivity (Wildman–Crippen MR) is 98.3 cm³/mol. The van der Waals surface area contributed by atoms with E-state index in [0.29, 0.717) is 19.0 Å². The molecular weight excluding hydrogens is 330 g/mol. The van der Waals surface area contributed by atoms with Crippen LogP contribution in [0.4, 0.5) is 11.5 Å². The maximum Gasteiger partial charge on any atom is 0.271 e. The van der Waals surface area contributed by atoms with Crippen molar-refractivity contribution in [1.29, 1.82) is 0 Å². The van der Waals surface area contributed by atoms with Crippen molar-refractivity contribution in [2.24, 2.45) is 0 Å². The van der Waals surface area contributed by atoms with Crippen LogP contribution in [0, 0.1) is 0 Å². The Morgan fingerprint density at radius 2 is 1.88 bits per heavy atom. The van der Waals surface area contributed by atoms with Gasteiger partial charge in [0.05, 0.1) is 24.7 Å². The number of carbonyl (C=O) groups is 1. The van der Waals surface area contributed by atoms with Gasteiger partial charge in [-0.3, -0.25) is 9.78 Å². The van der Waals surface area contributed by atoms with Gasteiger partial charge in [0.25, 0.3) is 5.91 Å². The Kier molecular flexibility index (Phi) is 5.72. The van der Waals surface area contributed by atoms with Crippen LogP contribution in [0.1, 0.15) is 23.0 Å². The zero-order chi connectivity index (χ0) is 18.2. The molecule has 0 unspecified atom stereocenters. The number of rotatable bonds is 7. The van der Waals surface area contributed by atoms with E-state index in [1.54, 1.807) is 12.4 Å². The fraction of sp³-hybridized carbons (Fsp3) is 0.158. The highest BCUT2D eigenvalue weighted by Gasteiger charge is 2.09. The lowest BCUT2D eigenvalue weighted by atomic mass is 10.2. The monoisotopic (exact) mass is 349 g/mol. The van der Waals surface area contributed by atoms with Gasteiger partial charge in [-0.2, -0.15) is 0 Å². The third-order valence-corrected chi connectivity index (χ3v) is 3.54. The van der Waals surface area contributed by atoms with Crippen molar-refractivity contribution in [3.8, 4) is 5.75 Å². The van der Waals surface area contributed by atoms with Gasteiger partial charge in [-0.25, -0.2) is 9.97 Å². The number of nitrogens with zero attached hydrogens (tertiary/aromatic N) is 3. The topological polar surface area (TPSA) is 89.0 Å². The number of aromatic nitrogens is 3. The summed E-state index contributed by atoms with van der Waals surface area (Å²) in [6.45, 7) is 2.90. The molecule has 26 heavy (non-hydrogen) atoms. The number of para-hydroxylation sites is 2. The van der Waals surface area contributed by atoms with Crippen molar-refractivity contribution in [2.75, 3.05) is 11.9 Å². The van der Waals surface area contributed by atoms with Crippen LogP contribution in [0.3, 0.4) is 0 Å². The zero-order valence-corrected chi connectivity index (χ0v) is 14.3. The van der Waals surface area contributed by atoms with Gasteiger partial charge in [-0.15, -0.1) is 0 Å². The van der Waals surface area contributed by atoms with Crippen molar-refractivity contribution in [3.63, 3.8) is 0 Å². The molecule has 0 spiro atoms. The van der Waals surface area contributed by atoms with Gasteiger partial charge >= 0.3 is 0 Å². The second-order valence-corrected chi connectivity index (χ2v) is 5.38. The molecule has 7 nitrogen and oxygen atoms in total. The number of amides is 1. The first-order valence-corrected chi connectivity index (χ1v) is 8.24. The summed E-state index contributed by atoms with van der Waals surface area (Å²) in [6.07, 6.45) is 6.32. The average molecular weight is 349 g/mol. The first kappa shape index (κ1) is 17.3. The molecule has 3 aromatic rings. The van der Waals surface area contributed by atoms with Gasteiger partial charge in [-0.1, -0.05) is 12.1 Å². The molecular formula is C19H19N5O2. The van der Waals surface area contributed by atoms with Crippen molar-refractivity contribution < 1.29 is 9.53 Å². The lowest BCUT2D eigenvalue weighted by Crippen LogP contribution is -2.24. The van der Waals surface area contributed by atoms with Crippen LogP contribution in [0.5, 0.6) is 5.75 Å². The number of pyridine rings is 1. The molecule has 3 rings (SSSR count). The smallest absolute Gasteiger partial charge is 0.271 e. The van der Waals surface area contributed by atoms with E-state index in [1.807, 2.05) is 43.3 Å². The molecule has 0 fully saturated rings. The number of ether oxygens (including phenoxy) is 1. The van der Waals surface area contributed by atoms with E-state index in [2.05, 4.69) is 25.6 Å². The number of nitrogens with one attached hydrogen (secondary N) is 2. The SMILES string of the molecule is CCOc1ccccc1Nc1cnc(C(=O)NCc2ccncc2)cn1. The molecule has 0 saturated carbocycles. The standard InChI is InChI=1S/C19H19N5O2/c1-2-26-17-6-4-3-5-15(17)24-18-13-21-16(12-22-18)19(25)23-11-14-7-9-20-10-8-14/h3-10,12-13H,2,11H2,1H3,(H,22,24)(H,23,25). The lowest BCUT2D eigenvalue weighted by molar-refractivity contribution is 0.0945. The Hall–Kier alpha value is -3.48. The van der Waals surface area contributed by atoms with E-state index >= 15 is 0 Å². The maximum absolute atomic E-state index is 12.2. The summed E-state index contributed by atoms with van der Waals surface area (Å²) in [4.78, 5) is 24.5. The third kappa shape index (κ3) is 4.54. The van der Waals surface area contributed by atoms with Crippen LogP contribution >= 0.6 is 0 Å². The van der Waals surface area contributed by atoms with Gasteiger partial charge in [0.1, 0.15) is 17.3 Å².